The van der Waals surface area contributed by atoms with Crippen LogP contribution in [0.5, 0.6) is 5.75 Å². The van der Waals surface area contributed by atoms with E-state index in [0.717, 1.165) is 17.3 Å². The molecule has 0 radical (unpaired) electrons. The lowest BCUT2D eigenvalue weighted by molar-refractivity contribution is 0.245. The van der Waals surface area contributed by atoms with Gasteiger partial charge in [-0.05, 0) is 38.0 Å². The molecule has 0 unspecified atom stereocenters. The molecule has 3 heteroatoms. The number of rotatable bonds is 3. The molecule has 1 aromatic heterocycles. The van der Waals surface area contributed by atoms with Crippen molar-refractivity contribution < 1.29 is 4.74 Å². The number of hydrogen-bond donors (Lipinski definition) is 0. The van der Waals surface area contributed by atoms with Crippen LogP contribution in [-0.4, -0.2) is 11.1 Å². The zero-order valence-corrected chi connectivity index (χ0v) is 11.1. The molecule has 1 aromatic carbocycles. The molecule has 0 N–H and O–H groups in total. The van der Waals surface area contributed by atoms with Crippen LogP contribution >= 0.6 is 11.6 Å². The Hall–Kier alpha value is -1.28. The van der Waals surface area contributed by atoms with Gasteiger partial charge in [-0.25, -0.2) is 0 Å². The standard InChI is InChI=1S/C14H16ClNO/c1-4-10-8-12(15)14(17-9(2)3)13-11(10)6-5-7-16-13/h5-9H,4H2,1-3H3. The molecule has 0 saturated carbocycles. The van der Waals surface area contributed by atoms with Crippen LogP contribution in [0.1, 0.15) is 26.3 Å². The Morgan fingerprint density at radius 1 is 1.41 bits per heavy atom. The summed E-state index contributed by atoms with van der Waals surface area (Å²) in [6, 6.07) is 5.97. The second-order valence-corrected chi connectivity index (χ2v) is 4.67. The average molecular weight is 250 g/mol. The predicted octanol–water partition coefficient (Wildman–Crippen LogP) is 4.24. The van der Waals surface area contributed by atoms with Gasteiger partial charge >= 0.3 is 0 Å². The number of aromatic nitrogens is 1. The Labute approximate surface area is 107 Å². The molecule has 0 aliphatic carbocycles. The fourth-order valence-electron chi connectivity index (χ4n) is 1.90. The summed E-state index contributed by atoms with van der Waals surface area (Å²) in [5.74, 6) is 0.689. The van der Waals surface area contributed by atoms with Crippen LogP contribution in [0.3, 0.4) is 0 Å². The first kappa shape index (κ1) is 12.2. The number of fused-ring (bicyclic) bond motifs is 1. The van der Waals surface area contributed by atoms with Crippen molar-refractivity contribution in [3.8, 4) is 5.75 Å². The quantitative estimate of drug-likeness (QED) is 0.812. The minimum absolute atomic E-state index is 0.0881. The van der Waals surface area contributed by atoms with Gasteiger partial charge < -0.3 is 4.74 Å². The lowest BCUT2D eigenvalue weighted by Crippen LogP contribution is -2.07. The number of hydrogen-bond acceptors (Lipinski definition) is 2. The van der Waals surface area contributed by atoms with Crippen LogP contribution in [-0.2, 0) is 6.42 Å². The Morgan fingerprint density at radius 2 is 2.18 bits per heavy atom. The van der Waals surface area contributed by atoms with Crippen molar-refractivity contribution in [1.29, 1.82) is 0 Å². The van der Waals surface area contributed by atoms with Crippen LogP contribution in [0.25, 0.3) is 10.9 Å². The largest absolute Gasteiger partial charge is 0.487 e. The SMILES string of the molecule is CCc1cc(Cl)c(OC(C)C)c2ncccc12. The summed E-state index contributed by atoms with van der Waals surface area (Å²) < 4.78 is 5.76. The molecular weight excluding hydrogens is 234 g/mol. The normalized spacial score (nSPS) is 11.1. The van der Waals surface area contributed by atoms with E-state index in [0.29, 0.717) is 10.8 Å². The number of benzene rings is 1. The van der Waals surface area contributed by atoms with Crippen LogP contribution in [0.4, 0.5) is 0 Å². The molecule has 0 atom stereocenters. The van der Waals surface area contributed by atoms with Gasteiger partial charge in [-0.1, -0.05) is 24.6 Å². The van der Waals surface area contributed by atoms with E-state index in [9.17, 15) is 0 Å². The fraction of sp³-hybridized carbons (Fsp3) is 0.357. The van der Waals surface area contributed by atoms with E-state index in [1.165, 1.54) is 5.56 Å². The van der Waals surface area contributed by atoms with E-state index >= 15 is 0 Å². The summed E-state index contributed by atoms with van der Waals surface area (Å²) in [4.78, 5) is 4.39. The van der Waals surface area contributed by atoms with E-state index in [4.69, 9.17) is 16.3 Å². The van der Waals surface area contributed by atoms with Gasteiger partial charge in [0.2, 0.25) is 0 Å². The Bertz CT molecular complexity index is 537. The van der Waals surface area contributed by atoms with Crippen molar-refractivity contribution in [1.82, 2.24) is 4.98 Å². The lowest BCUT2D eigenvalue weighted by Gasteiger charge is -2.15. The van der Waals surface area contributed by atoms with E-state index in [-0.39, 0.29) is 6.10 Å². The second kappa shape index (κ2) is 4.92. The molecule has 17 heavy (non-hydrogen) atoms. The molecule has 0 saturated heterocycles. The van der Waals surface area contributed by atoms with Gasteiger partial charge in [-0.3, -0.25) is 4.98 Å². The van der Waals surface area contributed by atoms with Gasteiger partial charge in [0.15, 0.2) is 5.75 Å². The zero-order chi connectivity index (χ0) is 12.4. The van der Waals surface area contributed by atoms with Crippen molar-refractivity contribution in [2.24, 2.45) is 0 Å². The highest BCUT2D eigenvalue weighted by molar-refractivity contribution is 6.33. The van der Waals surface area contributed by atoms with E-state index in [1.807, 2.05) is 26.0 Å². The zero-order valence-electron chi connectivity index (χ0n) is 10.3. The van der Waals surface area contributed by atoms with Crippen LogP contribution in [0, 0.1) is 0 Å². The summed E-state index contributed by atoms with van der Waals surface area (Å²) in [6.07, 6.45) is 2.79. The number of aryl methyl sites for hydroxylation is 1. The molecular formula is C14H16ClNO. The monoisotopic (exact) mass is 249 g/mol. The van der Waals surface area contributed by atoms with Gasteiger partial charge in [0.05, 0.1) is 11.1 Å². The Balaban J connectivity index is 2.70. The number of pyridine rings is 1. The number of nitrogens with zero attached hydrogens (tertiary/aromatic N) is 1. The highest BCUT2D eigenvalue weighted by Crippen LogP contribution is 2.35. The first-order valence-electron chi connectivity index (χ1n) is 5.86. The van der Waals surface area contributed by atoms with Crippen molar-refractivity contribution >= 4 is 22.5 Å². The van der Waals surface area contributed by atoms with Gasteiger partial charge in [0.1, 0.15) is 5.52 Å². The maximum Gasteiger partial charge on any atom is 0.164 e. The molecule has 2 nitrogen and oxygen atoms in total. The number of ether oxygens (including phenoxy) is 1. The minimum atomic E-state index is 0.0881. The third-order valence-corrected chi connectivity index (χ3v) is 2.90. The van der Waals surface area contributed by atoms with Gasteiger partial charge in [0, 0.05) is 11.6 Å². The summed E-state index contributed by atoms with van der Waals surface area (Å²) in [7, 11) is 0. The molecule has 0 spiro atoms. The maximum absolute atomic E-state index is 6.27. The first-order chi connectivity index (χ1) is 8.13. The van der Waals surface area contributed by atoms with Crippen molar-refractivity contribution in [3.05, 3.63) is 35.0 Å². The molecule has 0 fully saturated rings. The molecule has 0 bridgehead atoms. The van der Waals surface area contributed by atoms with Crippen LogP contribution in [0.15, 0.2) is 24.4 Å². The molecule has 0 aliphatic heterocycles. The molecule has 1 heterocycles. The smallest absolute Gasteiger partial charge is 0.164 e. The van der Waals surface area contributed by atoms with Crippen LogP contribution < -0.4 is 4.74 Å². The molecule has 2 aromatic rings. The second-order valence-electron chi connectivity index (χ2n) is 4.27. The highest BCUT2D eigenvalue weighted by atomic mass is 35.5. The minimum Gasteiger partial charge on any atom is -0.487 e. The molecule has 0 amide bonds. The first-order valence-corrected chi connectivity index (χ1v) is 6.24. The topological polar surface area (TPSA) is 22.1 Å². The van der Waals surface area contributed by atoms with Crippen molar-refractivity contribution in [2.45, 2.75) is 33.3 Å². The fourth-order valence-corrected chi connectivity index (χ4v) is 2.16. The average Bonchev–Trinajstić information content (AvgIpc) is 2.32. The molecule has 0 aliphatic rings. The Morgan fingerprint density at radius 3 is 2.82 bits per heavy atom. The summed E-state index contributed by atoms with van der Waals surface area (Å²) in [6.45, 7) is 6.08. The highest BCUT2D eigenvalue weighted by Gasteiger charge is 2.13. The van der Waals surface area contributed by atoms with Crippen molar-refractivity contribution in [3.63, 3.8) is 0 Å². The van der Waals surface area contributed by atoms with Gasteiger partial charge in [0.25, 0.3) is 0 Å². The summed E-state index contributed by atoms with van der Waals surface area (Å²) in [5.41, 5.74) is 2.06. The summed E-state index contributed by atoms with van der Waals surface area (Å²) >= 11 is 6.27. The number of halogens is 1. The molecule has 2 rings (SSSR count). The third kappa shape index (κ3) is 2.37. The van der Waals surface area contributed by atoms with Crippen molar-refractivity contribution in [2.75, 3.05) is 0 Å². The third-order valence-electron chi connectivity index (χ3n) is 2.62. The maximum atomic E-state index is 6.27. The summed E-state index contributed by atoms with van der Waals surface area (Å²) in [5, 5.41) is 1.76. The molecule has 90 valence electrons. The van der Waals surface area contributed by atoms with E-state index < -0.39 is 0 Å². The van der Waals surface area contributed by atoms with E-state index in [2.05, 4.69) is 18.0 Å². The Kier molecular flexibility index (Phi) is 3.53. The van der Waals surface area contributed by atoms with Crippen LogP contribution in [0.2, 0.25) is 5.02 Å². The van der Waals surface area contributed by atoms with Gasteiger partial charge in [-0.2, -0.15) is 0 Å². The lowest BCUT2D eigenvalue weighted by atomic mass is 10.1. The van der Waals surface area contributed by atoms with Gasteiger partial charge in [-0.15, -0.1) is 0 Å². The predicted molar refractivity (Wildman–Crippen MR) is 71.9 cm³/mol. The van der Waals surface area contributed by atoms with E-state index in [1.54, 1.807) is 6.20 Å².